The molecule has 0 bridgehead atoms. The van der Waals surface area contributed by atoms with Crippen LogP contribution in [0.5, 0.6) is 0 Å². The highest BCUT2D eigenvalue weighted by atomic mass is 32.1. The van der Waals surface area contributed by atoms with E-state index in [0.717, 1.165) is 21.4 Å². The van der Waals surface area contributed by atoms with Crippen molar-refractivity contribution in [3.8, 4) is 0 Å². The normalized spacial score (nSPS) is 10.8. The molecule has 2 rings (SSSR count). The third-order valence-electron chi connectivity index (χ3n) is 2.56. The van der Waals surface area contributed by atoms with E-state index in [-0.39, 0.29) is 5.91 Å². The van der Waals surface area contributed by atoms with Crippen molar-refractivity contribution in [3.63, 3.8) is 0 Å². The number of carboxylic acid groups (broad SMARTS) is 1. The number of hydrogen-bond acceptors (Lipinski definition) is 4. The Morgan fingerprint density at radius 2 is 2.15 bits per heavy atom. The van der Waals surface area contributed by atoms with Crippen LogP contribution in [-0.2, 0) is 11.3 Å². The first kappa shape index (κ1) is 14.5. The second-order valence-corrected chi connectivity index (χ2v) is 6.35. The Morgan fingerprint density at radius 3 is 2.80 bits per heavy atom. The monoisotopic (exact) mass is 307 g/mol. The zero-order valence-corrected chi connectivity index (χ0v) is 12.4. The summed E-state index contributed by atoms with van der Waals surface area (Å²) in [6.45, 7) is 2.35. The number of carbonyl (C=O) groups excluding carboxylic acids is 1. The molecule has 0 aliphatic carbocycles. The van der Waals surface area contributed by atoms with E-state index in [1.807, 2.05) is 24.4 Å². The Morgan fingerprint density at radius 1 is 1.35 bits per heavy atom. The van der Waals surface area contributed by atoms with Gasteiger partial charge in [0.15, 0.2) is 0 Å². The van der Waals surface area contributed by atoms with Crippen LogP contribution < -0.4 is 5.32 Å². The van der Waals surface area contributed by atoms with Crippen molar-refractivity contribution >= 4 is 40.6 Å². The molecular formula is C14H13NO3S2. The lowest BCUT2D eigenvalue weighted by atomic mass is 10.2. The van der Waals surface area contributed by atoms with Crippen LogP contribution in [0.4, 0.5) is 0 Å². The Kier molecular flexibility index (Phi) is 4.70. The standard InChI is InChI=1S/C14H13NO3S2/c1-9-2-4-11(20-9)14(18)15-8-12-10(6-7-19-12)3-5-13(16)17/h2-7H,8H2,1H3,(H,15,18)(H,16,17)/b5-3+. The number of thiophene rings is 2. The number of carbonyl (C=O) groups is 2. The maximum Gasteiger partial charge on any atom is 0.328 e. The molecule has 0 spiro atoms. The van der Waals surface area contributed by atoms with Crippen molar-refractivity contribution in [3.05, 3.63) is 49.9 Å². The van der Waals surface area contributed by atoms with Crippen molar-refractivity contribution in [2.24, 2.45) is 0 Å². The smallest absolute Gasteiger partial charge is 0.328 e. The average molecular weight is 307 g/mol. The zero-order chi connectivity index (χ0) is 14.5. The minimum Gasteiger partial charge on any atom is -0.478 e. The fourth-order valence-corrected chi connectivity index (χ4v) is 3.20. The minimum absolute atomic E-state index is 0.107. The van der Waals surface area contributed by atoms with Crippen LogP contribution in [0.1, 0.15) is 25.0 Å². The highest BCUT2D eigenvalue weighted by Crippen LogP contribution is 2.19. The van der Waals surface area contributed by atoms with Crippen molar-refractivity contribution in [1.29, 1.82) is 0 Å². The number of nitrogens with one attached hydrogen (secondary N) is 1. The van der Waals surface area contributed by atoms with Crippen LogP contribution in [0.3, 0.4) is 0 Å². The second kappa shape index (κ2) is 6.49. The summed E-state index contributed by atoms with van der Waals surface area (Å²) >= 11 is 2.94. The molecule has 0 aliphatic rings. The van der Waals surface area contributed by atoms with E-state index in [1.165, 1.54) is 28.7 Å². The Hall–Kier alpha value is -1.92. The molecule has 20 heavy (non-hydrogen) atoms. The molecule has 0 radical (unpaired) electrons. The van der Waals surface area contributed by atoms with Crippen LogP contribution >= 0.6 is 22.7 Å². The van der Waals surface area contributed by atoms with Gasteiger partial charge < -0.3 is 10.4 Å². The lowest BCUT2D eigenvalue weighted by molar-refractivity contribution is -0.131. The zero-order valence-electron chi connectivity index (χ0n) is 10.8. The minimum atomic E-state index is -0.986. The molecule has 0 saturated carbocycles. The van der Waals surface area contributed by atoms with Gasteiger partial charge in [-0.25, -0.2) is 4.79 Å². The number of aryl methyl sites for hydroxylation is 1. The van der Waals surface area contributed by atoms with Gasteiger partial charge in [0.2, 0.25) is 0 Å². The van der Waals surface area contributed by atoms with E-state index in [1.54, 1.807) is 6.07 Å². The van der Waals surface area contributed by atoms with Crippen molar-refractivity contribution in [2.75, 3.05) is 0 Å². The largest absolute Gasteiger partial charge is 0.478 e. The summed E-state index contributed by atoms with van der Waals surface area (Å²) in [6, 6.07) is 5.54. The Labute approximate surface area is 124 Å². The number of amides is 1. The molecule has 104 valence electrons. The van der Waals surface area contributed by atoms with Gasteiger partial charge in [0.05, 0.1) is 11.4 Å². The number of aliphatic carboxylic acids is 1. The lowest BCUT2D eigenvalue weighted by Crippen LogP contribution is -2.21. The summed E-state index contributed by atoms with van der Waals surface area (Å²) in [5, 5.41) is 13.3. The molecule has 2 aromatic heterocycles. The molecule has 2 N–H and O–H groups in total. The molecule has 6 heteroatoms. The Bertz CT molecular complexity index is 655. The predicted octanol–water partition coefficient (Wildman–Crippen LogP) is 3.15. The van der Waals surface area contributed by atoms with Crippen molar-refractivity contribution in [2.45, 2.75) is 13.5 Å². The van der Waals surface area contributed by atoms with E-state index >= 15 is 0 Å². The summed E-state index contributed by atoms with van der Waals surface area (Å²) in [6.07, 6.45) is 2.63. The number of rotatable bonds is 5. The van der Waals surface area contributed by atoms with Crippen LogP contribution in [0.25, 0.3) is 6.08 Å². The molecule has 0 unspecified atom stereocenters. The third-order valence-corrected chi connectivity index (χ3v) is 4.50. The van der Waals surface area contributed by atoms with Gasteiger partial charge in [-0.15, -0.1) is 22.7 Å². The molecule has 0 aromatic carbocycles. The van der Waals surface area contributed by atoms with Crippen molar-refractivity contribution < 1.29 is 14.7 Å². The molecule has 2 heterocycles. The van der Waals surface area contributed by atoms with E-state index in [2.05, 4.69) is 5.32 Å². The first-order chi connectivity index (χ1) is 9.56. The summed E-state index contributed by atoms with van der Waals surface area (Å²) < 4.78 is 0. The van der Waals surface area contributed by atoms with E-state index in [0.29, 0.717) is 11.4 Å². The van der Waals surface area contributed by atoms with E-state index in [9.17, 15) is 9.59 Å². The fourth-order valence-electron chi connectivity index (χ4n) is 1.61. The third kappa shape index (κ3) is 3.79. The van der Waals surface area contributed by atoms with Gasteiger partial charge in [-0.2, -0.15) is 0 Å². The van der Waals surface area contributed by atoms with Crippen molar-refractivity contribution in [1.82, 2.24) is 5.32 Å². The lowest BCUT2D eigenvalue weighted by Gasteiger charge is -2.03. The second-order valence-electron chi connectivity index (χ2n) is 4.06. The van der Waals surface area contributed by atoms with E-state index in [4.69, 9.17) is 5.11 Å². The SMILES string of the molecule is Cc1ccc(C(=O)NCc2sccc2/C=C/C(=O)O)s1. The van der Waals surface area contributed by atoms with Gasteiger partial charge in [0.1, 0.15) is 0 Å². The molecule has 0 fully saturated rings. The van der Waals surface area contributed by atoms with Gasteiger partial charge in [-0.3, -0.25) is 4.79 Å². The molecular weight excluding hydrogens is 294 g/mol. The average Bonchev–Trinajstić information content (AvgIpc) is 3.02. The van der Waals surface area contributed by atoms with Crippen LogP contribution in [0, 0.1) is 6.92 Å². The molecule has 0 atom stereocenters. The highest BCUT2D eigenvalue weighted by molar-refractivity contribution is 7.14. The molecule has 2 aromatic rings. The van der Waals surface area contributed by atoms with Gasteiger partial charge in [0.25, 0.3) is 5.91 Å². The van der Waals surface area contributed by atoms with Crippen LogP contribution in [-0.4, -0.2) is 17.0 Å². The molecule has 4 nitrogen and oxygen atoms in total. The first-order valence-electron chi connectivity index (χ1n) is 5.88. The van der Waals surface area contributed by atoms with Gasteiger partial charge in [-0.05, 0) is 42.1 Å². The quantitative estimate of drug-likeness (QED) is 0.834. The van der Waals surface area contributed by atoms with Gasteiger partial charge in [0, 0.05) is 15.8 Å². The summed E-state index contributed by atoms with van der Waals surface area (Å²) in [5.74, 6) is -1.09. The van der Waals surface area contributed by atoms with E-state index < -0.39 is 5.97 Å². The first-order valence-corrected chi connectivity index (χ1v) is 7.58. The van der Waals surface area contributed by atoms with Crippen LogP contribution in [0.15, 0.2) is 29.7 Å². The fraction of sp³-hybridized carbons (Fsp3) is 0.143. The van der Waals surface area contributed by atoms with Gasteiger partial charge in [-0.1, -0.05) is 0 Å². The summed E-state index contributed by atoms with van der Waals surface area (Å²) in [5.41, 5.74) is 0.820. The topological polar surface area (TPSA) is 66.4 Å². The van der Waals surface area contributed by atoms with Gasteiger partial charge >= 0.3 is 5.97 Å². The summed E-state index contributed by atoms with van der Waals surface area (Å²) in [4.78, 5) is 25.1. The maximum absolute atomic E-state index is 11.9. The number of carboxylic acids is 1. The number of hydrogen-bond donors (Lipinski definition) is 2. The Balaban J connectivity index is 1.99. The molecule has 0 aliphatic heterocycles. The van der Waals surface area contributed by atoms with Crippen LogP contribution in [0.2, 0.25) is 0 Å². The maximum atomic E-state index is 11.9. The predicted molar refractivity (Wildman–Crippen MR) is 81.2 cm³/mol. The summed E-state index contributed by atoms with van der Waals surface area (Å²) in [7, 11) is 0. The highest BCUT2D eigenvalue weighted by Gasteiger charge is 2.09. The molecule has 1 amide bonds. The molecule has 0 saturated heterocycles.